The van der Waals surface area contributed by atoms with Crippen molar-refractivity contribution in [2.45, 2.75) is 58.8 Å². The molecule has 0 saturated carbocycles. The molecular formula is C24H31N3O3. The van der Waals surface area contributed by atoms with Crippen LogP contribution in [0.2, 0.25) is 0 Å². The number of piperidine rings is 1. The maximum Gasteiger partial charge on any atom is 0.293 e. The van der Waals surface area contributed by atoms with Gasteiger partial charge in [-0.15, -0.1) is 0 Å². The zero-order valence-electron chi connectivity index (χ0n) is 18.3. The van der Waals surface area contributed by atoms with Gasteiger partial charge in [0.2, 0.25) is 0 Å². The van der Waals surface area contributed by atoms with Gasteiger partial charge < -0.3 is 10.2 Å². The van der Waals surface area contributed by atoms with Crippen LogP contribution in [0.5, 0.6) is 0 Å². The molecule has 6 heteroatoms. The van der Waals surface area contributed by atoms with Crippen molar-refractivity contribution in [1.29, 1.82) is 0 Å². The molecule has 1 heterocycles. The van der Waals surface area contributed by atoms with Crippen LogP contribution in [0.3, 0.4) is 0 Å². The van der Waals surface area contributed by atoms with Crippen molar-refractivity contribution < 1.29 is 9.72 Å². The molecule has 6 nitrogen and oxygen atoms in total. The Kier molecular flexibility index (Phi) is 6.75. The fourth-order valence-electron chi connectivity index (χ4n) is 4.09. The van der Waals surface area contributed by atoms with E-state index in [9.17, 15) is 14.9 Å². The standard InChI is InChI=1S/C24H31N3O3/c1-16(2)19-9-8-10-20(17(3)4)23(19)25-24(28)18-11-12-21(22(15-18)27(29)30)26-13-6-5-7-14-26/h8-12,15-17H,5-7,13-14H2,1-4H3,(H,25,28). The number of carbonyl (C=O) groups is 1. The number of nitro benzene ring substituents is 1. The summed E-state index contributed by atoms with van der Waals surface area (Å²) in [7, 11) is 0. The van der Waals surface area contributed by atoms with E-state index in [1.54, 1.807) is 12.1 Å². The molecule has 1 aliphatic rings. The molecule has 2 aromatic rings. The second-order valence-electron chi connectivity index (χ2n) is 8.58. The lowest BCUT2D eigenvalue weighted by Gasteiger charge is -2.28. The largest absolute Gasteiger partial charge is 0.366 e. The van der Waals surface area contributed by atoms with E-state index < -0.39 is 0 Å². The first kappa shape index (κ1) is 21.8. The lowest BCUT2D eigenvalue weighted by molar-refractivity contribution is -0.384. The van der Waals surface area contributed by atoms with Crippen LogP contribution in [0.25, 0.3) is 0 Å². The number of amides is 1. The number of hydrogen-bond acceptors (Lipinski definition) is 4. The van der Waals surface area contributed by atoms with Gasteiger partial charge in [-0.25, -0.2) is 0 Å². The maximum absolute atomic E-state index is 13.1. The Morgan fingerprint density at radius 3 is 2.13 bits per heavy atom. The van der Waals surface area contributed by atoms with Crippen molar-refractivity contribution in [3.8, 4) is 0 Å². The number of benzene rings is 2. The van der Waals surface area contributed by atoms with Crippen LogP contribution in [-0.2, 0) is 0 Å². The number of anilines is 2. The summed E-state index contributed by atoms with van der Waals surface area (Å²) in [5.74, 6) is 0.169. The monoisotopic (exact) mass is 409 g/mol. The number of rotatable bonds is 6. The van der Waals surface area contributed by atoms with Crippen LogP contribution in [0.1, 0.15) is 80.3 Å². The normalized spacial score (nSPS) is 14.3. The molecule has 1 N–H and O–H groups in total. The van der Waals surface area contributed by atoms with E-state index >= 15 is 0 Å². The molecule has 0 atom stereocenters. The topological polar surface area (TPSA) is 75.5 Å². The van der Waals surface area contributed by atoms with E-state index in [0.29, 0.717) is 11.3 Å². The molecule has 0 aliphatic carbocycles. The summed E-state index contributed by atoms with van der Waals surface area (Å²) in [5, 5.41) is 14.8. The second kappa shape index (κ2) is 9.28. The number of carbonyl (C=O) groups excluding carboxylic acids is 1. The van der Waals surface area contributed by atoms with Crippen LogP contribution in [0.4, 0.5) is 17.1 Å². The van der Waals surface area contributed by atoms with Gasteiger partial charge in [-0.05, 0) is 54.4 Å². The lowest BCUT2D eigenvalue weighted by atomic mass is 9.92. The number of para-hydroxylation sites is 1. The van der Waals surface area contributed by atoms with E-state index in [0.717, 1.165) is 49.2 Å². The van der Waals surface area contributed by atoms with Crippen molar-refractivity contribution in [1.82, 2.24) is 0 Å². The van der Waals surface area contributed by atoms with Crippen LogP contribution in [0, 0.1) is 10.1 Å². The summed E-state index contributed by atoms with van der Waals surface area (Å²) < 4.78 is 0. The zero-order chi connectivity index (χ0) is 21.8. The van der Waals surface area contributed by atoms with Crippen molar-refractivity contribution in [3.63, 3.8) is 0 Å². The van der Waals surface area contributed by atoms with Crippen LogP contribution in [0.15, 0.2) is 36.4 Å². The first-order valence-corrected chi connectivity index (χ1v) is 10.8. The van der Waals surface area contributed by atoms with E-state index in [1.165, 1.54) is 6.07 Å². The minimum Gasteiger partial charge on any atom is -0.366 e. The summed E-state index contributed by atoms with van der Waals surface area (Å²) in [6.07, 6.45) is 3.21. The summed E-state index contributed by atoms with van der Waals surface area (Å²) in [4.78, 5) is 26.5. The summed E-state index contributed by atoms with van der Waals surface area (Å²) in [6, 6.07) is 10.9. The highest BCUT2D eigenvalue weighted by Crippen LogP contribution is 2.34. The fourth-order valence-corrected chi connectivity index (χ4v) is 4.09. The Morgan fingerprint density at radius 1 is 1.00 bits per heavy atom. The van der Waals surface area contributed by atoms with Gasteiger partial charge in [0.05, 0.1) is 4.92 Å². The Labute approximate surface area is 178 Å². The molecule has 1 amide bonds. The zero-order valence-corrected chi connectivity index (χ0v) is 18.3. The van der Waals surface area contributed by atoms with Gasteiger partial charge in [-0.3, -0.25) is 14.9 Å². The molecule has 160 valence electrons. The van der Waals surface area contributed by atoms with Crippen LogP contribution in [-0.4, -0.2) is 23.9 Å². The Hall–Kier alpha value is -2.89. The highest BCUT2D eigenvalue weighted by Gasteiger charge is 2.24. The Morgan fingerprint density at radius 2 is 1.60 bits per heavy atom. The molecule has 0 radical (unpaired) electrons. The average molecular weight is 410 g/mol. The Bertz CT molecular complexity index is 905. The first-order chi connectivity index (χ1) is 14.3. The maximum atomic E-state index is 13.1. The van der Waals surface area contributed by atoms with Crippen molar-refractivity contribution in [2.24, 2.45) is 0 Å². The van der Waals surface area contributed by atoms with Gasteiger partial charge in [0.25, 0.3) is 11.6 Å². The number of nitro groups is 1. The van der Waals surface area contributed by atoms with Crippen molar-refractivity contribution >= 4 is 23.0 Å². The highest BCUT2D eigenvalue weighted by molar-refractivity contribution is 6.06. The fraction of sp³-hybridized carbons (Fsp3) is 0.458. The number of nitrogens with one attached hydrogen (secondary N) is 1. The molecule has 30 heavy (non-hydrogen) atoms. The van der Waals surface area contributed by atoms with Gasteiger partial charge in [0.1, 0.15) is 5.69 Å². The smallest absolute Gasteiger partial charge is 0.293 e. The van der Waals surface area contributed by atoms with Crippen molar-refractivity contribution in [3.05, 3.63) is 63.2 Å². The SMILES string of the molecule is CC(C)c1cccc(C(C)C)c1NC(=O)c1ccc(N2CCCCC2)c([N+](=O)[O-])c1. The molecule has 0 bridgehead atoms. The minimum absolute atomic E-state index is 0.00854. The van der Waals surface area contributed by atoms with Crippen molar-refractivity contribution in [2.75, 3.05) is 23.3 Å². The number of nitrogens with zero attached hydrogens (tertiary/aromatic N) is 2. The van der Waals surface area contributed by atoms with E-state index in [2.05, 4.69) is 33.0 Å². The minimum atomic E-state index is -0.387. The van der Waals surface area contributed by atoms with Gasteiger partial charge in [-0.2, -0.15) is 0 Å². The van der Waals surface area contributed by atoms with Gasteiger partial charge in [0.15, 0.2) is 0 Å². The summed E-state index contributed by atoms with van der Waals surface area (Å²) >= 11 is 0. The molecule has 0 aromatic heterocycles. The third-order valence-corrected chi connectivity index (χ3v) is 5.74. The summed E-state index contributed by atoms with van der Waals surface area (Å²) in [6.45, 7) is 9.99. The molecule has 2 aromatic carbocycles. The molecule has 1 aliphatic heterocycles. The van der Waals surface area contributed by atoms with Gasteiger partial charge in [-0.1, -0.05) is 45.9 Å². The molecule has 0 spiro atoms. The molecule has 1 fully saturated rings. The van der Waals surface area contributed by atoms with E-state index in [-0.39, 0.29) is 28.4 Å². The van der Waals surface area contributed by atoms with Gasteiger partial charge in [0, 0.05) is 30.4 Å². The molecule has 0 unspecified atom stereocenters. The lowest BCUT2D eigenvalue weighted by Crippen LogP contribution is -2.30. The van der Waals surface area contributed by atoms with Crippen LogP contribution >= 0.6 is 0 Å². The predicted molar refractivity (Wildman–Crippen MR) is 122 cm³/mol. The molecular weight excluding hydrogens is 378 g/mol. The van der Waals surface area contributed by atoms with Gasteiger partial charge >= 0.3 is 0 Å². The molecule has 3 rings (SSSR count). The molecule has 1 saturated heterocycles. The summed E-state index contributed by atoms with van der Waals surface area (Å²) in [5.41, 5.74) is 3.83. The quantitative estimate of drug-likeness (QED) is 0.463. The predicted octanol–water partition coefficient (Wildman–Crippen LogP) is 6.08. The third kappa shape index (κ3) is 4.64. The highest BCUT2D eigenvalue weighted by atomic mass is 16.6. The van der Waals surface area contributed by atoms with Crippen LogP contribution < -0.4 is 10.2 Å². The number of hydrogen-bond donors (Lipinski definition) is 1. The second-order valence-corrected chi connectivity index (χ2v) is 8.58. The van der Waals surface area contributed by atoms with E-state index in [1.807, 2.05) is 23.1 Å². The van der Waals surface area contributed by atoms with E-state index in [4.69, 9.17) is 0 Å². The third-order valence-electron chi connectivity index (χ3n) is 5.74. The first-order valence-electron chi connectivity index (χ1n) is 10.8. The Balaban J connectivity index is 1.95. The average Bonchev–Trinajstić information content (AvgIpc) is 2.73.